The summed E-state index contributed by atoms with van der Waals surface area (Å²) in [5, 5.41) is 13.7. The van der Waals surface area contributed by atoms with E-state index >= 15 is 0 Å². The first-order chi connectivity index (χ1) is 13.7. The molecule has 1 aliphatic rings. The number of amides is 1. The number of aliphatic hydroxyl groups is 1. The molecule has 1 amide bonds. The number of nitrogens with zero attached hydrogens (tertiary/aromatic N) is 6. The molecule has 0 radical (unpaired) electrons. The Bertz CT molecular complexity index is 972. The summed E-state index contributed by atoms with van der Waals surface area (Å²) >= 11 is 0. The van der Waals surface area contributed by atoms with Crippen LogP contribution in [0, 0.1) is 6.92 Å². The summed E-state index contributed by atoms with van der Waals surface area (Å²) in [4.78, 5) is 26.1. The van der Waals surface area contributed by atoms with Crippen molar-refractivity contribution in [3.05, 3.63) is 59.8 Å². The molecule has 0 aliphatic carbocycles. The number of hydrogen-bond acceptors (Lipinski definition) is 6. The van der Waals surface area contributed by atoms with Crippen LogP contribution >= 0.6 is 0 Å². The second kappa shape index (κ2) is 8.04. The van der Waals surface area contributed by atoms with Crippen LogP contribution in [0.2, 0.25) is 0 Å². The van der Waals surface area contributed by atoms with Crippen LogP contribution in [0.3, 0.4) is 0 Å². The van der Waals surface area contributed by atoms with Gasteiger partial charge in [0.2, 0.25) is 0 Å². The summed E-state index contributed by atoms with van der Waals surface area (Å²) in [6.45, 7) is 4.70. The zero-order valence-corrected chi connectivity index (χ0v) is 15.9. The Morgan fingerprint density at radius 2 is 2.18 bits per heavy atom. The third-order valence-corrected chi connectivity index (χ3v) is 5.17. The topological polar surface area (TPSA) is 86.9 Å². The van der Waals surface area contributed by atoms with Gasteiger partial charge in [-0.2, -0.15) is 5.10 Å². The molecule has 4 heterocycles. The maximum Gasteiger partial charge on any atom is 0.259 e. The van der Waals surface area contributed by atoms with E-state index in [1.165, 1.54) is 0 Å². The number of aliphatic hydroxyl groups excluding tert-OH is 1. The Morgan fingerprint density at radius 1 is 1.29 bits per heavy atom. The first-order valence-corrected chi connectivity index (χ1v) is 9.51. The lowest BCUT2D eigenvalue weighted by Crippen LogP contribution is -2.54. The number of aromatic nitrogens is 4. The van der Waals surface area contributed by atoms with Gasteiger partial charge in [0.25, 0.3) is 5.91 Å². The van der Waals surface area contributed by atoms with Crippen LogP contribution in [0.4, 0.5) is 0 Å². The molecule has 146 valence electrons. The van der Waals surface area contributed by atoms with Gasteiger partial charge in [-0.3, -0.25) is 14.7 Å². The standard InChI is InChI=1S/C20H24N6O2/c1-15-4-2-5-16(23-15)13-24-9-10-25(14-17(24)6-11-27)20(28)18-12-22-26-8-3-7-21-19(18)26/h2-5,7-8,12,17,27H,6,9-11,13-14H2,1H3/t17-/m1/s1. The van der Waals surface area contributed by atoms with Crippen LogP contribution in [0.25, 0.3) is 5.65 Å². The van der Waals surface area contributed by atoms with Crippen molar-refractivity contribution in [3.63, 3.8) is 0 Å². The first-order valence-electron chi connectivity index (χ1n) is 9.51. The highest BCUT2D eigenvalue weighted by Gasteiger charge is 2.31. The molecule has 1 fully saturated rings. The third-order valence-electron chi connectivity index (χ3n) is 5.17. The molecule has 1 atom stereocenters. The number of rotatable bonds is 5. The molecule has 0 bridgehead atoms. The Hall–Kier alpha value is -2.84. The molecule has 3 aromatic rings. The number of hydrogen-bond donors (Lipinski definition) is 1. The average molecular weight is 380 g/mol. The van der Waals surface area contributed by atoms with Crippen molar-refractivity contribution in [2.45, 2.75) is 25.9 Å². The van der Waals surface area contributed by atoms with E-state index in [1.54, 1.807) is 29.2 Å². The molecule has 8 heteroatoms. The fourth-order valence-electron chi connectivity index (χ4n) is 3.75. The molecule has 0 unspecified atom stereocenters. The van der Waals surface area contributed by atoms with E-state index in [0.29, 0.717) is 37.3 Å². The van der Waals surface area contributed by atoms with Crippen molar-refractivity contribution in [1.82, 2.24) is 29.4 Å². The van der Waals surface area contributed by atoms with E-state index in [9.17, 15) is 9.90 Å². The van der Waals surface area contributed by atoms with Gasteiger partial charge < -0.3 is 10.0 Å². The van der Waals surface area contributed by atoms with Gasteiger partial charge in [0, 0.05) is 56.9 Å². The van der Waals surface area contributed by atoms with Crippen LogP contribution < -0.4 is 0 Å². The average Bonchev–Trinajstić information content (AvgIpc) is 3.13. The summed E-state index contributed by atoms with van der Waals surface area (Å²) in [5.74, 6) is -0.0648. The molecule has 8 nitrogen and oxygen atoms in total. The monoisotopic (exact) mass is 380 g/mol. The summed E-state index contributed by atoms with van der Waals surface area (Å²) in [6, 6.07) is 7.88. The van der Waals surface area contributed by atoms with Gasteiger partial charge in [0.15, 0.2) is 5.65 Å². The molecular formula is C20H24N6O2. The Balaban J connectivity index is 1.50. The number of aryl methyl sites for hydroxylation is 1. The van der Waals surface area contributed by atoms with Crippen molar-refractivity contribution in [3.8, 4) is 0 Å². The van der Waals surface area contributed by atoms with Gasteiger partial charge >= 0.3 is 0 Å². The molecule has 1 N–H and O–H groups in total. The van der Waals surface area contributed by atoms with Gasteiger partial charge in [0.05, 0.1) is 11.9 Å². The Kier molecular flexibility index (Phi) is 5.31. The first kappa shape index (κ1) is 18.5. The van der Waals surface area contributed by atoms with E-state index < -0.39 is 0 Å². The molecule has 28 heavy (non-hydrogen) atoms. The largest absolute Gasteiger partial charge is 0.396 e. The molecule has 0 saturated carbocycles. The predicted molar refractivity (Wildman–Crippen MR) is 104 cm³/mol. The Labute approximate surface area is 163 Å². The van der Waals surface area contributed by atoms with Crippen LogP contribution in [0.15, 0.2) is 42.9 Å². The number of piperazine rings is 1. The molecule has 0 aromatic carbocycles. The van der Waals surface area contributed by atoms with Crippen LogP contribution in [0.5, 0.6) is 0 Å². The Morgan fingerprint density at radius 3 is 3.00 bits per heavy atom. The molecule has 3 aromatic heterocycles. The second-order valence-corrected chi connectivity index (χ2v) is 7.10. The summed E-state index contributed by atoms with van der Waals surface area (Å²) in [7, 11) is 0. The van der Waals surface area contributed by atoms with Crippen LogP contribution in [-0.4, -0.2) is 72.7 Å². The van der Waals surface area contributed by atoms with Crippen LogP contribution in [-0.2, 0) is 6.54 Å². The highest BCUT2D eigenvalue weighted by molar-refractivity contribution is 5.99. The van der Waals surface area contributed by atoms with Crippen molar-refractivity contribution >= 4 is 11.6 Å². The summed E-state index contributed by atoms with van der Waals surface area (Å²) in [6.07, 6.45) is 5.63. The van der Waals surface area contributed by atoms with Gasteiger partial charge in [-0.25, -0.2) is 9.50 Å². The van der Waals surface area contributed by atoms with Crippen molar-refractivity contribution in [1.29, 1.82) is 0 Å². The van der Waals surface area contributed by atoms with Crippen molar-refractivity contribution < 1.29 is 9.90 Å². The predicted octanol–water partition coefficient (Wildman–Crippen LogP) is 1.14. The van der Waals surface area contributed by atoms with Crippen molar-refractivity contribution in [2.75, 3.05) is 26.2 Å². The van der Waals surface area contributed by atoms with E-state index in [2.05, 4.69) is 20.0 Å². The minimum absolute atomic E-state index is 0.0648. The highest BCUT2D eigenvalue weighted by Crippen LogP contribution is 2.19. The summed E-state index contributed by atoms with van der Waals surface area (Å²) in [5.41, 5.74) is 3.08. The zero-order valence-electron chi connectivity index (χ0n) is 15.9. The van der Waals surface area contributed by atoms with E-state index in [1.807, 2.05) is 30.0 Å². The van der Waals surface area contributed by atoms with Gasteiger partial charge in [0.1, 0.15) is 5.56 Å². The number of fused-ring (bicyclic) bond motifs is 1. The SMILES string of the molecule is Cc1cccc(CN2CCN(C(=O)c3cnn4cccnc34)C[C@H]2CCO)n1. The smallest absolute Gasteiger partial charge is 0.259 e. The fraction of sp³-hybridized carbons (Fsp3) is 0.400. The molecule has 4 rings (SSSR count). The van der Waals surface area contributed by atoms with Gasteiger partial charge in [-0.15, -0.1) is 0 Å². The molecule has 1 aliphatic heterocycles. The number of pyridine rings is 1. The lowest BCUT2D eigenvalue weighted by atomic mass is 10.1. The fourth-order valence-corrected chi connectivity index (χ4v) is 3.75. The van der Waals surface area contributed by atoms with E-state index in [0.717, 1.165) is 17.9 Å². The highest BCUT2D eigenvalue weighted by atomic mass is 16.3. The van der Waals surface area contributed by atoms with Gasteiger partial charge in [-0.05, 0) is 31.5 Å². The molecular weight excluding hydrogens is 356 g/mol. The molecule has 0 spiro atoms. The maximum absolute atomic E-state index is 13.1. The minimum Gasteiger partial charge on any atom is -0.396 e. The quantitative estimate of drug-likeness (QED) is 0.714. The zero-order chi connectivity index (χ0) is 19.5. The number of carbonyl (C=O) groups is 1. The van der Waals surface area contributed by atoms with E-state index in [4.69, 9.17) is 0 Å². The van der Waals surface area contributed by atoms with Crippen molar-refractivity contribution in [2.24, 2.45) is 0 Å². The van der Waals surface area contributed by atoms with Gasteiger partial charge in [-0.1, -0.05) is 6.07 Å². The minimum atomic E-state index is -0.0648. The third kappa shape index (κ3) is 3.74. The van der Waals surface area contributed by atoms with Crippen LogP contribution in [0.1, 0.15) is 28.2 Å². The normalized spacial score (nSPS) is 17.9. The second-order valence-electron chi connectivity index (χ2n) is 7.10. The maximum atomic E-state index is 13.1. The van der Waals surface area contributed by atoms with E-state index in [-0.39, 0.29) is 18.6 Å². The molecule has 1 saturated heterocycles. The number of carbonyl (C=O) groups excluding carboxylic acids is 1. The lowest BCUT2D eigenvalue weighted by Gasteiger charge is -2.41. The lowest BCUT2D eigenvalue weighted by molar-refractivity contribution is 0.0392. The summed E-state index contributed by atoms with van der Waals surface area (Å²) < 4.78 is 1.61.